The highest BCUT2D eigenvalue weighted by atomic mass is 32.2. The highest BCUT2D eigenvalue weighted by molar-refractivity contribution is 7.94. The lowest BCUT2D eigenvalue weighted by molar-refractivity contribution is -0.0498. The van der Waals surface area contributed by atoms with Crippen molar-refractivity contribution >= 4 is 21.4 Å². The average Bonchev–Trinajstić information content (AvgIpc) is 3.70. The summed E-state index contributed by atoms with van der Waals surface area (Å²) in [5.74, 6) is -0.403. The summed E-state index contributed by atoms with van der Waals surface area (Å²) < 4.78 is 57.6. The zero-order chi connectivity index (χ0) is 23.4. The predicted octanol–water partition coefficient (Wildman–Crippen LogP) is 5.30. The van der Waals surface area contributed by atoms with Crippen molar-refractivity contribution in [3.63, 3.8) is 0 Å². The zero-order valence-electron chi connectivity index (χ0n) is 18.2. The van der Waals surface area contributed by atoms with E-state index in [0.29, 0.717) is 24.9 Å². The fraction of sp³-hybridized carbons (Fsp3) is 0.458. The molecular formula is C24H25F2N3O3S. The van der Waals surface area contributed by atoms with Crippen molar-refractivity contribution in [3.8, 4) is 11.8 Å². The summed E-state index contributed by atoms with van der Waals surface area (Å²) in [5.41, 5.74) is 2.91. The summed E-state index contributed by atoms with van der Waals surface area (Å²) in [7, 11) is -3.46. The topological polar surface area (TPSA) is 82.4 Å². The van der Waals surface area contributed by atoms with E-state index in [9.17, 15) is 22.5 Å². The van der Waals surface area contributed by atoms with E-state index in [-0.39, 0.29) is 17.8 Å². The first-order valence-corrected chi connectivity index (χ1v) is 12.7. The van der Waals surface area contributed by atoms with Gasteiger partial charge in [-0.25, -0.2) is 8.42 Å². The smallest absolute Gasteiger partial charge is 0.387 e. The molecule has 0 saturated heterocycles. The van der Waals surface area contributed by atoms with E-state index < -0.39 is 27.3 Å². The van der Waals surface area contributed by atoms with Gasteiger partial charge in [-0.05, 0) is 61.4 Å². The monoisotopic (exact) mass is 473 g/mol. The lowest BCUT2D eigenvalue weighted by Crippen LogP contribution is -2.29. The molecule has 2 atom stereocenters. The highest BCUT2D eigenvalue weighted by Crippen LogP contribution is 2.54. The van der Waals surface area contributed by atoms with Crippen LogP contribution in [0.4, 0.5) is 20.2 Å². The number of hydrogen-bond donors (Lipinski definition) is 1. The maximum Gasteiger partial charge on any atom is 0.387 e. The Bertz CT molecular complexity index is 1200. The van der Waals surface area contributed by atoms with Gasteiger partial charge >= 0.3 is 6.61 Å². The number of halogens is 2. The van der Waals surface area contributed by atoms with Crippen LogP contribution in [0.15, 0.2) is 42.5 Å². The third-order valence-corrected chi connectivity index (χ3v) is 9.40. The van der Waals surface area contributed by atoms with E-state index in [4.69, 9.17) is 0 Å². The second-order valence-electron chi connectivity index (χ2n) is 9.05. The molecule has 2 aromatic rings. The molecule has 9 heteroatoms. The van der Waals surface area contributed by atoms with Crippen LogP contribution in [0.5, 0.6) is 5.75 Å². The summed E-state index contributed by atoms with van der Waals surface area (Å²) in [4.78, 5) is 2.14. The summed E-state index contributed by atoms with van der Waals surface area (Å²) in [6, 6.07) is 14.2. The molecule has 2 aromatic carbocycles. The third kappa shape index (κ3) is 3.80. The largest absolute Gasteiger partial charge is 0.435 e. The van der Waals surface area contributed by atoms with Gasteiger partial charge in [-0.2, -0.15) is 14.0 Å². The first kappa shape index (κ1) is 22.0. The Labute approximate surface area is 192 Å². The first-order valence-electron chi connectivity index (χ1n) is 11.2. The summed E-state index contributed by atoms with van der Waals surface area (Å²) >= 11 is 0. The van der Waals surface area contributed by atoms with Gasteiger partial charge in [-0.15, -0.1) is 0 Å². The Balaban J connectivity index is 1.45. The molecule has 0 spiro atoms. The van der Waals surface area contributed by atoms with Crippen molar-refractivity contribution in [1.29, 1.82) is 5.26 Å². The first-order chi connectivity index (χ1) is 15.8. The van der Waals surface area contributed by atoms with Gasteiger partial charge in [0.05, 0.1) is 22.8 Å². The van der Waals surface area contributed by atoms with Gasteiger partial charge in [0.2, 0.25) is 10.0 Å². The van der Waals surface area contributed by atoms with Crippen molar-refractivity contribution in [2.24, 2.45) is 0 Å². The minimum atomic E-state index is -3.46. The number of fused-ring (bicyclic) bond motifs is 1. The fourth-order valence-electron chi connectivity index (χ4n) is 4.90. The van der Waals surface area contributed by atoms with Crippen LogP contribution in [-0.4, -0.2) is 25.8 Å². The number of nitrogens with one attached hydrogen (secondary N) is 1. The van der Waals surface area contributed by atoms with E-state index in [1.807, 2.05) is 19.1 Å². The van der Waals surface area contributed by atoms with Crippen molar-refractivity contribution in [1.82, 2.24) is 0 Å². The molecule has 0 aromatic heterocycles. The Morgan fingerprint density at radius 2 is 1.91 bits per heavy atom. The second kappa shape index (κ2) is 7.87. The number of nitrogens with zero attached hydrogens (tertiary/aromatic N) is 2. The van der Waals surface area contributed by atoms with Gasteiger partial charge < -0.3 is 9.64 Å². The quantitative estimate of drug-likeness (QED) is 0.562. The highest BCUT2D eigenvalue weighted by Gasteiger charge is 2.53. The molecule has 0 radical (unpaired) electrons. The van der Waals surface area contributed by atoms with E-state index >= 15 is 0 Å². The van der Waals surface area contributed by atoms with Crippen LogP contribution in [0.25, 0.3) is 0 Å². The molecule has 5 rings (SSSR count). The summed E-state index contributed by atoms with van der Waals surface area (Å²) in [6.45, 7) is -1.03. The van der Waals surface area contributed by atoms with E-state index in [2.05, 4.69) is 20.4 Å². The normalized spacial score (nSPS) is 23.2. The van der Waals surface area contributed by atoms with Gasteiger partial charge in [-0.1, -0.05) is 25.1 Å². The van der Waals surface area contributed by atoms with Crippen LogP contribution in [0.3, 0.4) is 0 Å². The Hall–Kier alpha value is -2.86. The van der Waals surface area contributed by atoms with Crippen LogP contribution in [0.2, 0.25) is 0 Å². The number of nitriles is 1. The van der Waals surface area contributed by atoms with Crippen molar-refractivity contribution < 1.29 is 21.9 Å². The van der Waals surface area contributed by atoms with Gasteiger partial charge in [0, 0.05) is 23.5 Å². The van der Waals surface area contributed by atoms with Crippen molar-refractivity contribution in [3.05, 3.63) is 53.6 Å². The molecule has 2 fully saturated rings. The van der Waals surface area contributed by atoms with Crippen molar-refractivity contribution in [2.75, 3.05) is 9.62 Å². The molecule has 1 N–H and O–H groups in total. The van der Waals surface area contributed by atoms with Crippen LogP contribution in [-0.2, 0) is 10.0 Å². The Morgan fingerprint density at radius 3 is 2.45 bits per heavy atom. The van der Waals surface area contributed by atoms with E-state index in [1.54, 1.807) is 24.3 Å². The van der Waals surface area contributed by atoms with Crippen LogP contribution >= 0.6 is 0 Å². The molecule has 0 bridgehead atoms. The minimum absolute atomic E-state index is 0.0708. The molecule has 1 aliphatic heterocycles. The van der Waals surface area contributed by atoms with Gasteiger partial charge in [0.1, 0.15) is 5.75 Å². The molecule has 2 saturated carbocycles. The van der Waals surface area contributed by atoms with Crippen molar-refractivity contribution in [2.45, 2.75) is 68.4 Å². The number of hydrogen-bond acceptors (Lipinski definition) is 5. The Morgan fingerprint density at radius 1 is 1.21 bits per heavy atom. The predicted molar refractivity (Wildman–Crippen MR) is 121 cm³/mol. The van der Waals surface area contributed by atoms with Gasteiger partial charge in [0.15, 0.2) is 0 Å². The summed E-state index contributed by atoms with van der Waals surface area (Å²) in [5, 5.41) is 9.99. The number of sulfonamides is 1. The van der Waals surface area contributed by atoms with Crippen LogP contribution in [0, 0.1) is 11.3 Å². The molecule has 2 unspecified atom stereocenters. The fourth-order valence-corrected chi connectivity index (χ4v) is 6.58. The maximum atomic E-state index is 12.7. The zero-order valence-corrected chi connectivity index (χ0v) is 19.0. The summed E-state index contributed by atoms with van der Waals surface area (Å²) in [6.07, 6.45) is 3.86. The van der Waals surface area contributed by atoms with Crippen LogP contribution < -0.4 is 14.4 Å². The Kier molecular flexibility index (Phi) is 5.24. The SMILES string of the molecule is CCC1(S(=O)(=O)Nc2ccc(C3C(C#N)c4ccc(OC(F)F)cc4N3C3CC3)cc2)CC1. The molecule has 1 heterocycles. The number of anilines is 2. The average molecular weight is 474 g/mol. The van der Waals surface area contributed by atoms with E-state index in [1.165, 1.54) is 6.07 Å². The minimum Gasteiger partial charge on any atom is -0.435 e. The number of rotatable bonds is 8. The van der Waals surface area contributed by atoms with Crippen LogP contribution in [0.1, 0.15) is 62.1 Å². The maximum absolute atomic E-state index is 12.7. The number of benzene rings is 2. The molecule has 174 valence electrons. The molecule has 3 aliphatic rings. The standard InChI is InChI=1S/C24H25F2N3O3S/c1-2-24(11-12-24)33(30,31)28-16-5-3-15(4-6-16)22-20(14-27)19-10-9-18(32-23(25)26)13-21(19)29(22)17-7-8-17/h3-6,9-10,13,17,20,22-23,28H,2,7-8,11-12H2,1H3. The molecule has 33 heavy (non-hydrogen) atoms. The lowest BCUT2D eigenvalue weighted by Gasteiger charge is -2.29. The molecule has 2 aliphatic carbocycles. The molecular weight excluding hydrogens is 448 g/mol. The number of ether oxygens (including phenoxy) is 1. The van der Waals surface area contributed by atoms with E-state index in [0.717, 1.165) is 29.7 Å². The van der Waals surface area contributed by atoms with Gasteiger partial charge in [0.25, 0.3) is 0 Å². The van der Waals surface area contributed by atoms with Gasteiger partial charge in [-0.3, -0.25) is 4.72 Å². The molecule has 0 amide bonds. The number of alkyl halides is 2. The second-order valence-corrected chi connectivity index (χ2v) is 11.1. The lowest BCUT2D eigenvalue weighted by atomic mass is 9.91. The molecule has 6 nitrogen and oxygen atoms in total. The third-order valence-electron chi connectivity index (χ3n) is 7.06.